The van der Waals surface area contributed by atoms with E-state index in [1.165, 1.54) is 6.20 Å². The van der Waals surface area contributed by atoms with Crippen molar-refractivity contribution in [3.63, 3.8) is 0 Å². The molecule has 0 aromatic carbocycles. The Bertz CT molecular complexity index is 414. The Morgan fingerprint density at radius 3 is 3.07 bits per heavy atom. The average molecular weight is 224 g/mol. The zero-order valence-corrected chi connectivity index (χ0v) is 8.70. The van der Waals surface area contributed by atoms with Gasteiger partial charge in [-0.05, 0) is 0 Å². The van der Waals surface area contributed by atoms with Crippen LogP contribution in [0.15, 0.2) is 24.8 Å². The first-order valence-electron chi connectivity index (χ1n) is 4.54. The highest BCUT2D eigenvalue weighted by Gasteiger charge is 1.97. The average Bonchev–Trinajstić information content (AvgIpc) is 2.71. The van der Waals surface area contributed by atoms with Gasteiger partial charge in [-0.15, -0.1) is 0 Å². The van der Waals surface area contributed by atoms with E-state index in [0.29, 0.717) is 11.0 Å². The normalized spacial score (nSPS) is 10.2. The zero-order chi connectivity index (χ0) is 10.5. The van der Waals surface area contributed by atoms with Crippen LogP contribution in [0.2, 0.25) is 5.15 Å². The van der Waals surface area contributed by atoms with Gasteiger partial charge in [0.2, 0.25) is 0 Å². The molecular formula is C9H10ClN5. The minimum Gasteiger partial charge on any atom is -0.368 e. The molecular weight excluding hydrogens is 214 g/mol. The maximum atomic E-state index is 5.69. The van der Waals surface area contributed by atoms with E-state index >= 15 is 0 Å². The first-order chi connectivity index (χ1) is 7.34. The van der Waals surface area contributed by atoms with Crippen molar-refractivity contribution in [2.45, 2.75) is 6.42 Å². The van der Waals surface area contributed by atoms with Gasteiger partial charge in [-0.25, -0.2) is 9.97 Å². The number of imidazole rings is 1. The van der Waals surface area contributed by atoms with Crippen LogP contribution >= 0.6 is 11.6 Å². The van der Waals surface area contributed by atoms with Crippen molar-refractivity contribution in [3.8, 4) is 0 Å². The topological polar surface area (TPSA) is 66.5 Å². The molecule has 0 aliphatic carbocycles. The standard InChI is InChI=1S/C9H10ClN5/c10-7-5-11-6-9(15-7)12-2-1-8-13-3-4-14-8/h3-6H,1-2H2,(H,12,15)(H,13,14). The molecule has 0 amide bonds. The molecule has 2 rings (SSSR count). The van der Waals surface area contributed by atoms with Gasteiger partial charge in [0.05, 0.1) is 12.4 Å². The second-order valence-corrected chi connectivity index (χ2v) is 3.33. The summed E-state index contributed by atoms with van der Waals surface area (Å²) in [4.78, 5) is 15.1. The highest BCUT2D eigenvalue weighted by Crippen LogP contribution is 2.06. The lowest BCUT2D eigenvalue weighted by molar-refractivity contribution is 0.919. The molecule has 0 radical (unpaired) electrons. The quantitative estimate of drug-likeness (QED) is 0.825. The van der Waals surface area contributed by atoms with Gasteiger partial charge >= 0.3 is 0 Å². The summed E-state index contributed by atoms with van der Waals surface area (Å²) in [7, 11) is 0. The molecule has 0 fully saturated rings. The van der Waals surface area contributed by atoms with Crippen LogP contribution in [0.1, 0.15) is 5.82 Å². The molecule has 78 valence electrons. The summed E-state index contributed by atoms with van der Waals surface area (Å²) in [5.74, 6) is 1.62. The Kier molecular flexibility index (Phi) is 3.14. The van der Waals surface area contributed by atoms with Crippen LogP contribution < -0.4 is 5.32 Å². The van der Waals surface area contributed by atoms with Crippen molar-refractivity contribution < 1.29 is 0 Å². The molecule has 0 bridgehead atoms. The number of anilines is 1. The minimum atomic E-state index is 0.387. The molecule has 0 aliphatic rings. The number of aromatic nitrogens is 4. The molecule has 0 saturated heterocycles. The lowest BCUT2D eigenvalue weighted by atomic mass is 10.4. The van der Waals surface area contributed by atoms with Gasteiger partial charge in [-0.1, -0.05) is 11.6 Å². The molecule has 2 aromatic heterocycles. The highest BCUT2D eigenvalue weighted by molar-refractivity contribution is 6.29. The summed E-state index contributed by atoms with van der Waals surface area (Å²) in [6.07, 6.45) is 7.47. The molecule has 0 atom stereocenters. The summed E-state index contributed by atoms with van der Waals surface area (Å²) in [5.41, 5.74) is 0. The number of hydrogen-bond acceptors (Lipinski definition) is 4. The Morgan fingerprint density at radius 1 is 1.40 bits per heavy atom. The van der Waals surface area contributed by atoms with Crippen molar-refractivity contribution >= 4 is 17.4 Å². The van der Waals surface area contributed by atoms with Crippen LogP contribution in [0.25, 0.3) is 0 Å². The third-order valence-electron chi connectivity index (χ3n) is 1.83. The number of aromatic amines is 1. The second-order valence-electron chi connectivity index (χ2n) is 2.94. The van der Waals surface area contributed by atoms with Crippen LogP contribution in [-0.4, -0.2) is 26.5 Å². The van der Waals surface area contributed by atoms with Crippen LogP contribution in [0.4, 0.5) is 5.82 Å². The first kappa shape index (κ1) is 9.92. The van der Waals surface area contributed by atoms with Gasteiger partial charge in [0.15, 0.2) is 0 Å². The van der Waals surface area contributed by atoms with Gasteiger partial charge in [0.1, 0.15) is 16.8 Å². The fraction of sp³-hybridized carbons (Fsp3) is 0.222. The molecule has 0 unspecified atom stereocenters. The van der Waals surface area contributed by atoms with E-state index in [1.807, 2.05) is 0 Å². The number of nitrogens with one attached hydrogen (secondary N) is 2. The Labute approximate surface area is 91.9 Å². The third-order valence-corrected chi connectivity index (χ3v) is 2.01. The summed E-state index contributed by atoms with van der Waals surface area (Å²) in [5, 5.41) is 3.49. The zero-order valence-electron chi connectivity index (χ0n) is 7.94. The van der Waals surface area contributed by atoms with Crippen LogP contribution in [0.3, 0.4) is 0 Å². The van der Waals surface area contributed by atoms with E-state index in [1.54, 1.807) is 18.6 Å². The molecule has 2 aromatic rings. The number of rotatable bonds is 4. The van der Waals surface area contributed by atoms with Crippen molar-refractivity contribution in [1.82, 2.24) is 19.9 Å². The number of H-pyrrole nitrogens is 1. The Morgan fingerprint density at radius 2 is 2.33 bits per heavy atom. The van der Waals surface area contributed by atoms with Crippen molar-refractivity contribution in [2.24, 2.45) is 0 Å². The van der Waals surface area contributed by atoms with Crippen molar-refractivity contribution in [3.05, 3.63) is 35.8 Å². The molecule has 2 heterocycles. The molecule has 5 nitrogen and oxygen atoms in total. The smallest absolute Gasteiger partial charge is 0.149 e. The Hall–Kier alpha value is -1.62. The lowest BCUT2D eigenvalue weighted by Gasteiger charge is -2.03. The van der Waals surface area contributed by atoms with Crippen LogP contribution in [-0.2, 0) is 6.42 Å². The van der Waals surface area contributed by atoms with Gasteiger partial charge in [-0.3, -0.25) is 4.98 Å². The summed E-state index contributed by atoms with van der Waals surface area (Å²) in [6.45, 7) is 0.739. The van der Waals surface area contributed by atoms with E-state index in [4.69, 9.17) is 11.6 Å². The van der Waals surface area contributed by atoms with E-state index in [0.717, 1.165) is 18.8 Å². The minimum absolute atomic E-state index is 0.387. The summed E-state index contributed by atoms with van der Waals surface area (Å²) in [6, 6.07) is 0. The van der Waals surface area contributed by atoms with Crippen LogP contribution in [0, 0.1) is 0 Å². The molecule has 15 heavy (non-hydrogen) atoms. The van der Waals surface area contributed by atoms with Gasteiger partial charge < -0.3 is 10.3 Å². The highest BCUT2D eigenvalue weighted by atomic mass is 35.5. The molecule has 6 heteroatoms. The monoisotopic (exact) mass is 223 g/mol. The number of hydrogen-bond donors (Lipinski definition) is 2. The fourth-order valence-electron chi connectivity index (χ4n) is 1.17. The van der Waals surface area contributed by atoms with E-state index in [9.17, 15) is 0 Å². The van der Waals surface area contributed by atoms with Gasteiger partial charge in [0.25, 0.3) is 0 Å². The van der Waals surface area contributed by atoms with E-state index in [-0.39, 0.29) is 0 Å². The van der Waals surface area contributed by atoms with E-state index in [2.05, 4.69) is 25.3 Å². The van der Waals surface area contributed by atoms with Crippen molar-refractivity contribution in [1.29, 1.82) is 0 Å². The fourth-order valence-corrected chi connectivity index (χ4v) is 1.32. The maximum absolute atomic E-state index is 5.69. The molecule has 2 N–H and O–H groups in total. The van der Waals surface area contributed by atoms with Crippen LogP contribution in [0.5, 0.6) is 0 Å². The number of nitrogens with zero attached hydrogens (tertiary/aromatic N) is 3. The molecule has 0 aliphatic heterocycles. The second kappa shape index (κ2) is 4.75. The van der Waals surface area contributed by atoms with Gasteiger partial charge in [0, 0.05) is 25.4 Å². The maximum Gasteiger partial charge on any atom is 0.149 e. The summed E-state index contributed by atoms with van der Waals surface area (Å²) >= 11 is 5.69. The SMILES string of the molecule is Clc1cncc(NCCc2ncc[nH]2)n1. The largest absolute Gasteiger partial charge is 0.368 e. The molecule has 0 saturated carbocycles. The first-order valence-corrected chi connectivity index (χ1v) is 4.92. The Balaban J connectivity index is 1.83. The third kappa shape index (κ3) is 2.92. The summed E-state index contributed by atoms with van der Waals surface area (Å²) < 4.78 is 0. The van der Waals surface area contributed by atoms with Crippen molar-refractivity contribution in [2.75, 3.05) is 11.9 Å². The predicted molar refractivity (Wildman–Crippen MR) is 57.8 cm³/mol. The van der Waals surface area contributed by atoms with E-state index < -0.39 is 0 Å². The lowest BCUT2D eigenvalue weighted by Crippen LogP contribution is -2.07. The molecule has 0 spiro atoms. The predicted octanol–water partition coefficient (Wildman–Crippen LogP) is 1.51. The number of halogens is 1. The van der Waals surface area contributed by atoms with Gasteiger partial charge in [-0.2, -0.15) is 0 Å².